The van der Waals surface area contributed by atoms with Crippen LogP contribution >= 0.6 is 33.2 Å². The van der Waals surface area contributed by atoms with Gasteiger partial charge in [0, 0.05) is 10.9 Å². The standard InChI is InChI=1S/C8H11BrO6P2/c9-5-6-1-3-7(4-2-6)8(10,14-16-11)15-17(12)13/h1-4,10-11,16-17H,5H2,(H,12,13). The zero-order valence-electron chi connectivity index (χ0n) is 8.46. The maximum absolute atomic E-state index is 10.6. The van der Waals surface area contributed by atoms with Crippen LogP contribution in [0.1, 0.15) is 11.1 Å². The largest absolute Gasteiger partial charge is 0.352 e. The molecule has 1 aromatic rings. The molecule has 0 spiro atoms. The smallest absolute Gasteiger partial charge is 0.321 e. The molecule has 1 aromatic carbocycles. The van der Waals surface area contributed by atoms with Gasteiger partial charge in [0.15, 0.2) is 9.03 Å². The number of halogens is 1. The fourth-order valence-electron chi connectivity index (χ4n) is 1.12. The summed E-state index contributed by atoms with van der Waals surface area (Å²) in [5.74, 6) is -2.41. The lowest BCUT2D eigenvalue weighted by Crippen LogP contribution is -2.27. The van der Waals surface area contributed by atoms with E-state index in [0.29, 0.717) is 5.33 Å². The Morgan fingerprint density at radius 1 is 1.41 bits per heavy atom. The van der Waals surface area contributed by atoms with Gasteiger partial charge in [0.1, 0.15) is 0 Å². The molecule has 0 saturated heterocycles. The zero-order valence-corrected chi connectivity index (χ0v) is 12.0. The van der Waals surface area contributed by atoms with E-state index >= 15 is 0 Å². The van der Waals surface area contributed by atoms with E-state index in [1.54, 1.807) is 12.1 Å². The summed E-state index contributed by atoms with van der Waals surface area (Å²) in [5, 5.41) is 10.5. The van der Waals surface area contributed by atoms with Crippen molar-refractivity contribution in [2.45, 2.75) is 11.3 Å². The molecule has 0 heterocycles. The number of aliphatic hydroxyl groups is 1. The van der Waals surface area contributed by atoms with Crippen LogP contribution in [0.5, 0.6) is 0 Å². The van der Waals surface area contributed by atoms with Gasteiger partial charge in [-0.15, -0.1) is 0 Å². The van der Waals surface area contributed by atoms with Gasteiger partial charge in [-0.1, -0.05) is 40.2 Å². The maximum Gasteiger partial charge on any atom is 0.321 e. The summed E-state index contributed by atoms with van der Waals surface area (Å²) in [6.07, 6.45) is 0. The fourth-order valence-corrected chi connectivity index (χ4v) is 2.26. The van der Waals surface area contributed by atoms with Crippen molar-refractivity contribution in [1.82, 2.24) is 0 Å². The topological polar surface area (TPSA) is 96.2 Å². The van der Waals surface area contributed by atoms with E-state index in [9.17, 15) is 9.67 Å². The SMILES string of the molecule is O=[PH](O)OC(O)(OPO)c1ccc(CBr)cc1. The monoisotopic (exact) mass is 344 g/mol. The van der Waals surface area contributed by atoms with Crippen LogP contribution < -0.4 is 0 Å². The van der Waals surface area contributed by atoms with Gasteiger partial charge in [-0.25, -0.2) is 4.52 Å². The van der Waals surface area contributed by atoms with Crippen molar-refractivity contribution in [2.24, 2.45) is 0 Å². The number of alkyl halides is 1. The first kappa shape index (κ1) is 15.2. The molecule has 96 valence electrons. The number of hydrogen-bond donors (Lipinski definition) is 3. The molecule has 0 aliphatic rings. The lowest BCUT2D eigenvalue weighted by molar-refractivity contribution is -0.282. The molecule has 6 nitrogen and oxygen atoms in total. The summed E-state index contributed by atoms with van der Waals surface area (Å²) in [6, 6.07) is 6.30. The lowest BCUT2D eigenvalue weighted by Gasteiger charge is -2.25. The van der Waals surface area contributed by atoms with Gasteiger partial charge in [0.25, 0.3) is 0 Å². The van der Waals surface area contributed by atoms with Crippen LogP contribution in [0, 0.1) is 0 Å². The van der Waals surface area contributed by atoms with Crippen molar-refractivity contribution >= 4 is 33.2 Å². The minimum absolute atomic E-state index is 0.121. The van der Waals surface area contributed by atoms with Crippen molar-refractivity contribution < 1.29 is 28.5 Å². The molecule has 9 heteroatoms. The predicted octanol–water partition coefficient (Wildman–Crippen LogP) is 1.60. The highest BCUT2D eigenvalue weighted by atomic mass is 79.9. The van der Waals surface area contributed by atoms with E-state index in [1.165, 1.54) is 12.1 Å². The molecule has 0 aliphatic heterocycles. The molecule has 17 heavy (non-hydrogen) atoms. The fraction of sp³-hybridized carbons (Fsp3) is 0.250. The van der Waals surface area contributed by atoms with Crippen LogP contribution in [0.3, 0.4) is 0 Å². The predicted molar refractivity (Wildman–Crippen MR) is 66.9 cm³/mol. The van der Waals surface area contributed by atoms with E-state index in [1.807, 2.05) is 0 Å². The van der Waals surface area contributed by atoms with Gasteiger partial charge in [0.2, 0.25) is 0 Å². The second-order valence-electron chi connectivity index (χ2n) is 2.97. The molecular formula is C8H11BrO6P2. The number of hydrogen-bond acceptors (Lipinski definition) is 5. The molecule has 0 saturated carbocycles. The van der Waals surface area contributed by atoms with E-state index in [2.05, 4.69) is 25.0 Å². The molecule has 0 radical (unpaired) electrons. The van der Waals surface area contributed by atoms with Gasteiger partial charge >= 0.3 is 14.2 Å². The molecule has 3 atom stereocenters. The third kappa shape index (κ3) is 4.39. The van der Waals surface area contributed by atoms with Gasteiger partial charge in [-0.3, -0.25) is 9.09 Å². The van der Waals surface area contributed by atoms with Crippen LogP contribution in [-0.2, 0) is 24.9 Å². The Bertz CT molecular complexity index is 386. The molecular weight excluding hydrogens is 334 g/mol. The average molecular weight is 345 g/mol. The average Bonchev–Trinajstić information content (AvgIpc) is 2.28. The summed E-state index contributed by atoms with van der Waals surface area (Å²) < 4.78 is 19.6. The van der Waals surface area contributed by atoms with E-state index in [-0.39, 0.29) is 5.56 Å². The van der Waals surface area contributed by atoms with Gasteiger partial charge in [-0.05, 0) is 5.56 Å². The van der Waals surface area contributed by atoms with Crippen molar-refractivity contribution in [3.63, 3.8) is 0 Å². The van der Waals surface area contributed by atoms with Crippen LogP contribution in [0.4, 0.5) is 0 Å². The highest BCUT2D eigenvalue weighted by molar-refractivity contribution is 9.08. The third-order valence-electron chi connectivity index (χ3n) is 1.88. The second kappa shape index (κ2) is 6.92. The number of benzene rings is 1. The Hall–Kier alpha value is 0.160. The summed E-state index contributed by atoms with van der Waals surface area (Å²) in [4.78, 5) is 17.3. The van der Waals surface area contributed by atoms with Gasteiger partial charge in [-0.2, -0.15) is 0 Å². The Kier molecular flexibility index (Phi) is 6.20. The van der Waals surface area contributed by atoms with Crippen molar-refractivity contribution in [3.8, 4) is 0 Å². The normalized spacial score (nSPS) is 17.2. The second-order valence-corrected chi connectivity index (χ2v) is 4.66. The van der Waals surface area contributed by atoms with Gasteiger partial charge < -0.3 is 14.9 Å². The summed E-state index contributed by atoms with van der Waals surface area (Å²) in [7, 11) is -4.50. The van der Waals surface area contributed by atoms with E-state index in [0.717, 1.165) is 5.56 Å². The molecule has 0 aromatic heterocycles. The third-order valence-corrected chi connectivity index (χ3v) is 3.35. The summed E-state index contributed by atoms with van der Waals surface area (Å²) in [6.45, 7) is 0. The molecule has 0 amide bonds. The van der Waals surface area contributed by atoms with E-state index < -0.39 is 23.3 Å². The minimum atomic E-state index is -3.42. The van der Waals surface area contributed by atoms with Crippen LogP contribution in [0.25, 0.3) is 0 Å². The molecule has 3 unspecified atom stereocenters. The van der Waals surface area contributed by atoms with Crippen LogP contribution in [-0.4, -0.2) is 14.9 Å². The Balaban J connectivity index is 2.99. The van der Waals surface area contributed by atoms with Gasteiger partial charge in [0.05, 0.1) is 0 Å². The first-order valence-corrected chi connectivity index (χ1v) is 7.62. The Morgan fingerprint density at radius 3 is 2.41 bits per heavy atom. The first-order valence-electron chi connectivity index (χ1n) is 4.38. The molecule has 0 fully saturated rings. The Labute approximate surface area is 109 Å². The van der Waals surface area contributed by atoms with Crippen molar-refractivity contribution in [3.05, 3.63) is 35.4 Å². The van der Waals surface area contributed by atoms with E-state index in [4.69, 9.17) is 9.79 Å². The quantitative estimate of drug-likeness (QED) is 0.412. The van der Waals surface area contributed by atoms with Crippen LogP contribution in [0.15, 0.2) is 24.3 Å². The first-order chi connectivity index (χ1) is 8.01. The maximum atomic E-state index is 10.6. The highest BCUT2D eigenvalue weighted by Gasteiger charge is 2.34. The Morgan fingerprint density at radius 2 is 2.00 bits per heavy atom. The van der Waals surface area contributed by atoms with Crippen molar-refractivity contribution in [1.29, 1.82) is 0 Å². The summed E-state index contributed by atoms with van der Waals surface area (Å²) >= 11 is 3.25. The molecule has 3 N–H and O–H groups in total. The summed E-state index contributed by atoms with van der Waals surface area (Å²) in [5.41, 5.74) is 1.07. The molecule has 0 bridgehead atoms. The van der Waals surface area contributed by atoms with Crippen molar-refractivity contribution in [2.75, 3.05) is 0 Å². The highest BCUT2D eigenvalue weighted by Crippen LogP contribution is 2.37. The lowest BCUT2D eigenvalue weighted by atomic mass is 10.1. The molecule has 0 aliphatic carbocycles. The number of rotatable bonds is 6. The zero-order chi connectivity index (χ0) is 12.9. The molecule has 1 rings (SSSR count). The minimum Gasteiger partial charge on any atom is -0.352 e. The van der Waals surface area contributed by atoms with Crippen LogP contribution in [0.2, 0.25) is 0 Å².